The second kappa shape index (κ2) is 3.50. The molecule has 86 valence electrons. The van der Waals surface area contributed by atoms with Gasteiger partial charge in [0.25, 0.3) is 0 Å². The minimum absolute atomic E-state index is 0.0324. The first kappa shape index (κ1) is 12.5. The van der Waals surface area contributed by atoms with Gasteiger partial charge in [-0.15, -0.1) is 0 Å². The van der Waals surface area contributed by atoms with Crippen LogP contribution in [0.5, 0.6) is 0 Å². The van der Waals surface area contributed by atoms with Crippen LogP contribution in [0.2, 0.25) is 0 Å². The Kier molecular flexibility index (Phi) is 2.93. The first-order chi connectivity index (χ1) is 6.55. The van der Waals surface area contributed by atoms with Crippen LogP contribution >= 0.6 is 15.9 Å². The SMILES string of the molecule is Cn1nc(C(F)(F)F)c(Br)c1C(C)(C)C. The highest BCUT2D eigenvalue weighted by molar-refractivity contribution is 9.10. The summed E-state index contributed by atoms with van der Waals surface area (Å²) in [6.07, 6.45) is -4.42. The summed E-state index contributed by atoms with van der Waals surface area (Å²) in [7, 11) is 1.51. The number of hydrogen-bond acceptors (Lipinski definition) is 1. The van der Waals surface area contributed by atoms with Gasteiger partial charge in [-0.25, -0.2) is 0 Å². The lowest BCUT2D eigenvalue weighted by Crippen LogP contribution is -2.16. The summed E-state index contributed by atoms with van der Waals surface area (Å²) < 4.78 is 38.9. The number of rotatable bonds is 0. The Balaban J connectivity index is 3.41. The molecule has 0 saturated carbocycles. The van der Waals surface area contributed by atoms with Gasteiger partial charge in [-0.3, -0.25) is 4.68 Å². The van der Waals surface area contributed by atoms with E-state index in [0.717, 1.165) is 0 Å². The third kappa shape index (κ3) is 2.35. The van der Waals surface area contributed by atoms with Crippen molar-refractivity contribution in [3.05, 3.63) is 15.9 Å². The molecule has 15 heavy (non-hydrogen) atoms. The molecule has 2 nitrogen and oxygen atoms in total. The van der Waals surface area contributed by atoms with E-state index in [1.54, 1.807) is 0 Å². The highest BCUT2D eigenvalue weighted by Crippen LogP contribution is 2.39. The molecule has 0 spiro atoms. The van der Waals surface area contributed by atoms with Crippen molar-refractivity contribution < 1.29 is 13.2 Å². The van der Waals surface area contributed by atoms with Crippen LogP contribution in [-0.4, -0.2) is 9.78 Å². The Labute approximate surface area is 94.6 Å². The molecular weight excluding hydrogens is 273 g/mol. The van der Waals surface area contributed by atoms with Crippen molar-refractivity contribution in [1.29, 1.82) is 0 Å². The normalized spacial score (nSPS) is 13.3. The second-order valence-electron chi connectivity index (χ2n) is 4.38. The lowest BCUT2D eigenvalue weighted by molar-refractivity contribution is -0.142. The van der Waals surface area contributed by atoms with Crippen LogP contribution < -0.4 is 0 Å². The van der Waals surface area contributed by atoms with E-state index in [4.69, 9.17) is 0 Å². The van der Waals surface area contributed by atoms with Crippen LogP contribution in [0.25, 0.3) is 0 Å². The minimum atomic E-state index is -4.42. The first-order valence-corrected chi connectivity index (χ1v) is 5.14. The summed E-state index contributed by atoms with van der Waals surface area (Å²) in [4.78, 5) is 0. The largest absolute Gasteiger partial charge is 0.436 e. The van der Waals surface area contributed by atoms with Gasteiger partial charge in [0.05, 0.1) is 10.2 Å². The lowest BCUT2D eigenvalue weighted by atomic mass is 9.92. The number of aryl methyl sites for hydroxylation is 1. The summed E-state index contributed by atoms with van der Waals surface area (Å²) in [5.41, 5.74) is -0.714. The van der Waals surface area contributed by atoms with Gasteiger partial charge >= 0.3 is 6.18 Å². The summed E-state index contributed by atoms with van der Waals surface area (Å²) >= 11 is 2.97. The van der Waals surface area contributed by atoms with Gasteiger partial charge in [-0.05, 0) is 15.9 Å². The molecule has 0 fully saturated rings. The van der Waals surface area contributed by atoms with Crippen molar-refractivity contribution in [3.8, 4) is 0 Å². The fourth-order valence-corrected chi connectivity index (χ4v) is 2.65. The predicted octanol–water partition coefficient (Wildman–Crippen LogP) is 3.50. The minimum Gasteiger partial charge on any atom is -0.270 e. The number of halogens is 4. The van der Waals surface area contributed by atoms with Gasteiger partial charge < -0.3 is 0 Å². The Bertz CT molecular complexity index is 374. The van der Waals surface area contributed by atoms with Crippen LogP contribution in [-0.2, 0) is 18.6 Å². The smallest absolute Gasteiger partial charge is 0.270 e. The average molecular weight is 285 g/mol. The Morgan fingerprint density at radius 1 is 1.20 bits per heavy atom. The maximum absolute atomic E-state index is 12.5. The van der Waals surface area contributed by atoms with E-state index in [0.29, 0.717) is 5.69 Å². The zero-order chi connectivity index (χ0) is 12.0. The molecule has 1 aromatic heterocycles. The van der Waals surface area contributed by atoms with Gasteiger partial charge in [0, 0.05) is 12.5 Å². The molecule has 0 aliphatic heterocycles. The summed E-state index contributed by atoms with van der Waals surface area (Å²) in [5, 5.41) is 3.49. The maximum Gasteiger partial charge on any atom is 0.436 e. The van der Waals surface area contributed by atoms with Gasteiger partial charge in [0.1, 0.15) is 0 Å². The molecule has 1 aromatic rings. The van der Waals surface area contributed by atoms with Crippen molar-refractivity contribution in [1.82, 2.24) is 9.78 Å². The maximum atomic E-state index is 12.5. The van der Waals surface area contributed by atoms with Crippen molar-refractivity contribution >= 4 is 15.9 Å². The van der Waals surface area contributed by atoms with Crippen molar-refractivity contribution in [2.75, 3.05) is 0 Å². The Hall–Kier alpha value is -0.520. The van der Waals surface area contributed by atoms with E-state index >= 15 is 0 Å². The topological polar surface area (TPSA) is 17.8 Å². The molecule has 1 rings (SSSR count). The van der Waals surface area contributed by atoms with E-state index in [-0.39, 0.29) is 9.89 Å². The van der Waals surface area contributed by atoms with E-state index in [9.17, 15) is 13.2 Å². The molecule has 0 aliphatic carbocycles. The van der Waals surface area contributed by atoms with Gasteiger partial charge in [0.2, 0.25) is 0 Å². The molecule has 0 aliphatic rings. The van der Waals surface area contributed by atoms with Crippen molar-refractivity contribution in [2.24, 2.45) is 7.05 Å². The van der Waals surface area contributed by atoms with Crippen LogP contribution in [0, 0.1) is 0 Å². The quantitative estimate of drug-likeness (QED) is 0.713. The van der Waals surface area contributed by atoms with Gasteiger partial charge in [0.15, 0.2) is 5.69 Å². The van der Waals surface area contributed by atoms with Crippen molar-refractivity contribution in [3.63, 3.8) is 0 Å². The standard InChI is InChI=1S/C9H12BrF3N2/c1-8(2,3)7-5(10)6(9(11,12)13)14-15(7)4/h1-4H3. The number of nitrogens with zero attached hydrogens (tertiary/aromatic N) is 2. The van der Waals surface area contributed by atoms with Crippen LogP contribution in [0.1, 0.15) is 32.2 Å². The molecule has 0 amide bonds. The van der Waals surface area contributed by atoms with E-state index < -0.39 is 11.9 Å². The molecule has 0 unspecified atom stereocenters. The molecular formula is C9H12BrF3N2. The molecule has 6 heteroatoms. The molecule has 0 bridgehead atoms. The zero-order valence-corrected chi connectivity index (χ0v) is 10.5. The highest BCUT2D eigenvalue weighted by atomic mass is 79.9. The molecule has 0 radical (unpaired) electrons. The van der Waals surface area contributed by atoms with Gasteiger partial charge in [-0.2, -0.15) is 18.3 Å². The molecule has 0 aromatic carbocycles. The summed E-state index contributed by atoms with van der Waals surface area (Å²) in [5.74, 6) is 0. The van der Waals surface area contributed by atoms with Crippen LogP contribution in [0.4, 0.5) is 13.2 Å². The first-order valence-electron chi connectivity index (χ1n) is 4.35. The monoisotopic (exact) mass is 284 g/mol. The third-order valence-electron chi connectivity index (χ3n) is 1.97. The second-order valence-corrected chi connectivity index (χ2v) is 5.18. The number of aromatic nitrogens is 2. The zero-order valence-electron chi connectivity index (χ0n) is 8.91. The van der Waals surface area contributed by atoms with Crippen LogP contribution in [0.3, 0.4) is 0 Å². The van der Waals surface area contributed by atoms with E-state index in [1.807, 2.05) is 20.8 Å². The fourth-order valence-electron chi connectivity index (χ4n) is 1.49. The lowest BCUT2D eigenvalue weighted by Gasteiger charge is -2.19. The average Bonchev–Trinajstić information content (AvgIpc) is 2.22. The Morgan fingerprint density at radius 2 is 1.67 bits per heavy atom. The predicted molar refractivity (Wildman–Crippen MR) is 54.6 cm³/mol. The summed E-state index contributed by atoms with van der Waals surface area (Å²) in [6.45, 7) is 5.53. The van der Waals surface area contributed by atoms with E-state index in [2.05, 4.69) is 21.0 Å². The Morgan fingerprint density at radius 3 is 1.87 bits per heavy atom. The van der Waals surface area contributed by atoms with Crippen molar-refractivity contribution in [2.45, 2.75) is 32.4 Å². The molecule has 0 N–H and O–H groups in total. The van der Waals surface area contributed by atoms with Gasteiger partial charge in [-0.1, -0.05) is 20.8 Å². The third-order valence-corrected chi connectivity index (χ3v) is 2.72. The van der Waals surface area contributed by atoms with E-state index in [1.165, 1.54) is 11.7 Å². The highest BCUT2D eigenvalue weighted by Gasteiger charge is 2.39. The molecule has 0 atom stereocenters. The summed E-state index contributed by atoms with van der Waals surface area (Å²) in [6, 6.07) is 0. The molecule has 1 heterocycles. The number of alkyl halides is 3. The fraction of sp³-hybridized carbons (Fsp3) is 0.667. The number of hydrogen-bond donors (Lipinski definition) is 0. The molecule has 0 saturated heterocycles. The van der Waals surface area contributed by atoms with Crippen LogP contribution in [0.15, 0.2) is 4.47 Å².